The molecular weight excluding hydrogens is 258 g/mol. The van der Waals surface area contributed by atoms with Gasteiger partial charge in [0.05, 0.1) is 19.8 Å². The van der Waals surface area contributed by atoms with Crippen molar-refractivity contribution in [2.24, 2.45) is 0 Å². The Morgan fingerprint density at radius 1 is 1.20 bits per heavy atom. The first-order valence-corrected chi connectivity index (χ1v) is 6.49. The summed E-state index contributed by atoms with van der Waals surface area (Å²) in [5.41, 5.74) is 3.27. The lowest BCUT2D eigenvalue weighted by Crippen LogP contribution is -2.12. The maximum Gasteiger partial charge on any atom is 0.132 e. The lowest BCUT2D eigenvalue weighted by Gasteiger charge is -2.13. The molecule has 6 nitrogen and oxygen atoms in total. The second-order valence-electron chi connectivity index (χ2n) is 4.60. The standard InChI is InChI=1S/C14H19N3O3/c1-10-4-3-5-11(2)14(10)20-9-13-12(8-19)15-16-17(13)6-7-18/h3-5,18-19H,6-9H2,1-2H3. The van der Waals surface area contributed by atoms with Crippen molar-refractivity contribution in [3.63, 3.8) is 0 Å². The van der Waals surface area contributed by atoms with E-state index in [1.165, 1.54) is 0 Å². The Morgan fingerprint density at radius 2 is 1.90 bits per heavy atom. The van der Waals surface area contributed by atoms with E-state index >= 15 is 0 Å². The molecule has 0 atom stereocenters. The SMILES string of the molecule is Cc1cccc(C)c1OCc1c(CO)nnn1CCO. The summed E-state index contributed by atoms with van der Waals surface area (Å²) in [7, 11) is 0. The number of aryl methyl sites for hydroxylation is 2. The minimum atomic E-state index is -0.198. The molecule has 2 N–H and O–H groups in total. The number of rotatable bonds is 6. The van der Waals surface area contributed by atoms with E-state index in [0.29, 0.717) is 17.9 Å². The number of para-hydroxylation sites is 1. The minimum absolute atomic E-state index is 0.0371. The van der Waals surface area contributed by atoms with Gasteiger partial charge in [-0.3, -0.25) is 0 Å². The van der Waals surface area contributed by atoms with Crippen LogP contribution >= 0.6 is 0 Å². The van der Waals surface area contributed by atoms with Gasteiger partial charge in [0.25, 0.3) is 0 Å². The van der Waals surface area contributed by atoms with E-state index in [-0.39, 0.29) is 19.8 Å². The highest BCUT2D eigenvalue weighted by atomic mass is 16.5. The van der Waals surface area contributed by atoms with Crippen LogP contribution in [0, 0.1) is 13.8 Å². The molecule has 0 bridgehead atoms. The van der Waals surface area contributed by atoms with Crippen molar-refractivity contribution >= 4 is 0 Å². The third kappa shape index (κ3) is 2.97. The average molecular weight is 277 g/mol. The number of hydrogen-bond donors (Lipinski definition) is 2. The predicted molar refractivity (Wildman–Crippen MR) is 73.3 cm³/mol. The van der Waals surface area contributed by atoms with Crippen LogP contribution in [-0.4, -0.2) is 31.8 Å². The highest BCUT2D eigenvalue weighted by Gasteiger charge is 2.13. The maximum absolute atomic E-state index is 9.27. The van der Waals surface area contributed by atoms with Gasteiger partial charge in [-0.1, -0.05) is 23.4 Å². The van der Waals surface area contributed by atoms with Gasteiger partial charge in [0.1, 0.15) is 23.7 Å². The lowest BCUT2D eigenvalue weighted by molar-refractivity contribution is 0.245. The van der Waals surface area contributed by atoms with Crippen LogP contribution in [0.15, 0.2) is 18.2 Å². The Labute approximate surface area is 117 Å². The zero-order valence-electron chi connectivity index (χ0n) is 11.7. The molecule has 0 spiro atoms. The third-order valence-electron chi connectivity index (χ3n) is 3.14. The number of aliphatic hydroxyl groups is 2. The molecule has 2 rings (SSSR count). The number of ether oxygens (including phenoxy) is 1. The monoisotopic (exact) mass is 277 g/mol. The molecule has 1 heterocycles. The molecule has 108 valence electrons. The van der Waals surface area contributed by atoms with Crippen molar-refractivity contribution in [2.45, 2.75) is 33.6 Å². The molecule has 0 saturated carbocycles. The summed E-state index contributed by atoms with van der Waals surface area (Å²) in [6, 6.07) is 5.95. The number of aliphatic hydroxyl groups excluding tert-OH is 2. The van der Waals surface area contributed by atoms with E-state index in [2.05, 4.69) is 10.3 Å². The first-order chi connectivity index (χ1) is 9.67. The summed E-state index contributed by atoms with van der Waals surface area (Å²) >= 11 is 0. The van der Waals surface area contributed by atoms with E-state index in [1.54, 1.807) is 4.68 Å². The fourth-order valence-corrected chi connectivity index (χ4v) is 2.09. The average Bonchev–Trinajstić information content (AvgIpc) is 2.81. The van der Waals surface area contributed by atoms with Crippen LogP contribution in [0.5, 0.6) is 5.75 Å². The largest absolute Gasteiger partial charge is 0.487 e. The highest BCUT2D eigenvalue weighted by Crippen LogP contribution is 2.23. The molecule has 1 aromatic heterocycles. The Bertz CT molecular complexity index is 561. The second-order valence-corrected chi connectivity index (χ2v) is 4.60. The molecule has 0 aliphatic carbocycles. The summed E-state index contributed by atoms with van der Waals surface area (Å²) in [6.45, 7) is 4.33. The van der Waals surface area contributed by atoms with Gasteiger partial charge in [0, 0.05) is 0 Å². The van der Waals surface area contributed by atoms with Crippen LogP contribution in [0.1, 0.15) is 22.5 Å². The van der Waals surface area contributed by atoms with Crippen LogP contribution in [0.4, 0.5) is 0 Å². The van der Waals surface area contributed by atoms with Crippen molar-refractivity contribution < 1.29 is 14.9 Å². The summed E-state index contributed by atoms with van der Waals surface area (Å²) in [5, 5.41) is 26.1. The molecule has 1 aromatic carbocycles. The first kappa shape index (κ1) is 14.5. The van der Waals surface area contributed by atoms with Gasteiger partial charge in [-0.25, -0.2) is 4.68 Å². The van der Waals surface area contributed by atoms with Crippen molar-refractivity contribution in [1.29, 1.82) is 0 Å². The van der Waals surface area contributed by atoms with Gasteiger partial charge in [-0.15, -0.1) is 5.10 Å². The van der Waals surface area contributed by atoms with Gasteiger partial charge < -0.3 is 14.9 Å². The second kappa shape index (κ2) is 6.49. The molecule has 6 heteroatoms. The van der Waals surface area contributed by atoms with Gasteiger partial charge in [0.15, 0.2) is 0 Å². The van der Waals surface area contributed by atoms with Gasteiger partial charge in [-0.2, -0.15) is 0 Å². The number of benzene rings is 1. The first-order valence-electron chi connectivity index (χ1n) is 6.49. The van der Waals surface area contributed by atoms with Crippen molar-refractivity contribution in [3.8, 4) is 5.75 Å². The maximum atomic E-state index is 9.27. The Hall–Kier alpha value is -1.92. The lowest BCUT2D eigenvalue weighted by atomic mass is 10.1. The predicted octanol–water partition coefficient (Wildman–Crippen LogP) is 0.959. The van der Waals surface area contributed by atoms with Crippen LogP contribution < -0.4 is 4.74 Å². The Morgan fingerprint density at radius 3 is 2.50 bits per heavy atom. The number of aromatic nitrogens is 3. The van der Waals surface area contributed by atoms with Crippen molar-refractivity contribution in [1.82, 2.24) is 15.0 Å². The van der Waals surface area contributed by atoms with Crippen LogP contribution in [0.2, 0.25) is 0 Å². The third-order valence-corrected chi connectivity index (χ3v) is 3.14. The molecule has 0 saturated heterocycles. The molecule has 20 heavy (non-hydrogen) atoms. The van der Waals surface area contributed by atoms with E-state index in [1.807, 2.05) is 32.0 Å². The van der Waals surface area contributed by atoms with Crippen LogP contribution in [-0.2, 0) is 19.8 Å². The minimum Gasteiger partial charge on any atom is -0.487 e. The summed E-state index contributed by atoms with van der Waals surface area (Å²) in [5.74, 6) is 0.827. The quantitative estimate of drug-likeness (QED) is 0.822. The van der Waals surface area contributed by atoms with E-state index in [4.69, 9.17) is 9.84 Å². The van der Waals surface area contributed by atoms with E-state index in [9.17, 15) is 5.11 Å². The van der Waals surface area contributed by atoms with Gasteiger partial charge >= 0.3 is 0 Å². The van der Waals surface area contributed by atoms with Crippen molar-refractivity contribution in [2.75, 3.05) is 6.61 Å². The fourth-order valence-electron chi connectivity index (χ4n) is 2.09. The number of nitrogens with zero attached hydrogens (tertiary/aromatic N) is 3. The fraction of sp³-hybridized carbons (Fsp3) is 0.429. The summed E-state index contributed by atoms with van der Waals surface area (Å²) < 4.78 is 7.40. The van der Waals surface area contributed by atoms with E-state index < -0.39 is 0 Å². The summed E-state index contributed by atoms with van der Waals surface area (Å²) in [6.07, 6.45) is 0. The molecule has 0 unspecified atom stereocenters. The zero-order chi connectivity index (χ0) is 14.5. The Balaban J connectivity index is 2.20. The summed E-state index contributed by atoms with van der Waals surface area (Å²) in [4.78, 5) is 0. The molecule has 0 radical (unpaired) electrons. The number of hydrogen-bond acceptors (Lipinski definition) is 5. The van der Waals surface area contributed by atoms with Crippen LogP contribution in [0.3, 0.4) is 0 Å². The normalized spacial score (nSPS) is 10.8. The topological polar surface area (TPSA) is 80.4 Å². The van der Waals surface area contributed by atoms with Crippen molar-refractivity contribution in [3.05, 3.63) is 40.7 Å². The molecule has 2 aromatic rings. The molecule has 0 aliphatic rings. The van der Waals surface area contributed by atoms with Gasteiger partial charge in [-0.05, 0) is 25.0 Å². The van der Waals surface area contributed by atoms with Gasteiger partial charge in [0.2, 0.25) is 0 Å². The molecule has 0 aliphatic heterocycles. The Kier molecular flexibility index (Phi) is 4.70. The smallest absolute Gasteiger partial charge is 0.132 e. The zero-order valence-corrected chi connectivity index (χ0v) is 11.7. The van der Waals surface area contributed by atoms with E-state index in [0.717, 1.165) is 16.9 Å². The molecule has 0 fully saturated rings. The van der Waals surface area contributed by atoms with Crippen LogP contribution in [0.25, 0.3) is 0 Å². The highest BCUT2D eigenvalue weighted by molar-refractivity contribution is 5.39. The molecular formula is C14H19N3O3. The molecule has 0 amide bonds.